The molecule has 0 aliphatic heterocycles. The molecule has 0 unspecified atom stereocenters. The van der Waals surface area contributed by atoms with E-state index in [0.29, 0.717) is 0 Å². The summed E-state index contributed by atoms with van der Waals surface area (Å²) in [6, 6.07) is 0. The molecule has 0 aromatic rings. The van der Waals surface area contributed by atoms with Gasteiger partial charge in [0.2, 0.25) is 11.8 Å². The molecular weight excluding hydrogens is 263 g/mol. The van der Waals surface area contributed by atoms with Gasteiger partial charge in [-0.3, -0.25) is 14.1 Å². The van der Waals surface area contributed by atoms with Crippen LogP contribution < -0.4 is 10.6 Å². The smallest absolute Gasteiger partial charge is 0.352 e. The molecular formula is C9H17N2O6P. The second kappa shape index (κ2) is 6.65. The predicted octanol–water partition coefficient (Wildman–Crippen LogP) is -0.707. The fraction of sp³-hybridized carbons (Fsp3) is 0.556. The molecule has 0 bridgehead atoms. The molecule has 0 aliphatic rings. The van der Waals surface area contributed by atoms with Crippen molar-refractivity contribution in [2.45, 2.75) is 19.4 Å². The molecule has 0 spiro atoms. The van der Waals surface area contributed by atoms with E-state index in [1.807, 2.05) is 0 Å². The van der Waals surface area contributed by atoms with Gasteiger partial charge in [0, 0.05) is 6.54 Å². The number of hydrogen-bond donors (Lipinski definition) is 4. The number of phosphoric acid groups is 1. The molecule has 0 aromatic carbocycles. The summed E-state index contributed by atoms with van der Waals surface area (Å²) in [5, 5.41) is 4.77. The number of amides is 2. The van der Waals surface area contributed by atoms with E-state index in [2.05, 4.69) is 21.7 Å². The maximum Gasteiger partial charge on any atom is 0.469 e. The first-order valence-corrected chi connectivity index (χ1v) is 6.54. The third-order valence-corrected chi connectivity index (χ3v) is 2.35. The number of carbonyl (C=O) groups is 2. The van der Waals surface area contributed by atoms with Crippen molar-refractivity contribution in [3.8, 4) is 0 Å². The first-order chi connectivity index (χ1) is 8.08. The molecule has 0 saturated carbocycles. The van der Waals surface area contributed by atoms with Crippen molar-refractivity contribution in [1.29, 1.82) is 0 Å². The standard InChI is InChI=1S/C9H17N2O6P/c1-4-7(12)11-9(2,3)8(13)10-5-6-17-18(14,15)16/h4H,1,5-6H2,2-3H3,(H,10,13)(H,11,12)(H2,14,15,16). The van der Waals surface area contributed by atoms with E-state index in [1.165, 1.54) is 13.8 Å². The van der Waals surface area contributed by atoms with Gasteiger partial charge in [-0.05, 0) is 19.9 Å². The first kappa shape index (κ1) is 16.8. The summed E-state index contributed by atoms with van der Waals surface area (Å²) in [7, 11) is -4.53. The number of phosphoric ester groups is 1. The Kier molecular flexibility index (Phi) is 6.20. The Balaban J connectivity index is 4.12. The molecule has 9 heteroatoms. The average molecular weight is 280 g/mol. The van der Waals surface area contributed by atoms with Crippen molar-refractivity contribution < 1.29 is 28.5 Å². The minimum absolute atomic E-state index is 0.0860. The predicted molar refractivity (Wildman–Crippen MR) is 63.4 cm³/mol. The molecule has 0 rings (SSSR count). The lowest BCUT2D eigenvalue weighted by Gasteiger charge is -2.24. The highest BCUT2D eigenvalue weighted by Gasteiger charge is 2.28. The van der Waals surface area contributed by atoms with Crippen molar-refractivity contribution >= 4 is 19.6 Å². The summed E-state index contributed by atoms with van der Waals surface area (Å²) in [4.78, 5) is 39.5. The minimum atomic E-state index is -4.53. The molecule has 8 nitrogen and oxygen atoms in total. The van der Waals surface area contributed by atoms with Gasteiger partial charge >= 0.3 is 7.82 Å². The molecule has 18 heavy (non-hydrogen) atoms. The number of rotatable bonds is 7. The highest BCUT2D eigenvalue weighted by atomic mass is 31.2. The highest BCUT2D eigenvalue weighted by Crippen LogP contribution is 2.35. The van der Waals surface area contributed by atoms with Crippen LogP contribution in [0.3, 0.4) is 0 Å². The Bertz CT molecular complexity index is 375. The SMILES string of the molecule is C=CC(=O)NC(C)(C)C(=O)NCCOP(=O)(O)O. The third kappa shape index (κ3) is 7.18. The van der Waals surface area contributed by atoms with E-state index < -0.39 is 25.2 Å². The average Bonchev–Trinajstić information content (AvgIpc) is 2.21. The normalized spacial score (nSPS) is 11.8. The lowest BCUT2D eigenvalue weighted by molar-refractivity contribution is -0.130. The Hall–Kier alpha value is -1.21. The van der Waals surface area contributed by atoms with Gasteiger partial charge in [0.25, 0.3) is 0 Å². The summed E-state index contributed by atoms with van der Waals surface area (Å²) in [6.45, 7) is 5.80. The van der Waals surface area contributed by atoms with Crippen LogP contribution in [0, 0.1) is 0 Å². The Morgan fingerprint density at radius 3 is 2.44 bits per heavy atom. The zero-order valence-corrected chi connectivity index (χ0v) is 11.1. The summed E-state index contributed by atoms with van der Waals surface area (Å²) in [6.07, 6.45) is 1.03. The second-order valence-electron chi connectivity index (χ2n) is 3.90. The van der Waals surface area contributed by atoms with Crippen LogP contribution >= 0.6 is 7.82 Å². The van der Waals surface area contributed by atoms with E-state index in [9.17, 15) is 14.2 Å². The maximum atomic E-state index is 11.6. The third-order valence-electron chi connectivity index (χ3n) is 1.84. The van der Waals surface area contributed by atoms with Crippen molar-refractivity contribution in [3.05, 3.63) is 12.7 Å². The number of hydrogen-bond acceptors (Lipinski definition) is 4. The van der Waals surface area contributed by atoms with Crippen LogP contribution in [-0.2, 0) is 18.7 Å². The van der Waals surface area contributed by atoms with E-state index in [0.717, 1.165) is 6.08 Å². The largest absolute Gasteiger partial charge is 0.469 e. The highest BCUT2D eigenvalue weighted by molar-refractivity contribution is 7.46. The summed E-state index contributed by atoms with van der Waals surface area (Å²) < 4.78 is 14.5. The van der Waals surface area contributed by atoms with Crippen LogP contribution in [-0.4, -0.2) is 40.3 Å². The minimum Gasteiger partial charge on any atom is -0.352 e. The van der Waals surface area contributed by atoms with Crippen molar-refractivity contribution in [3.63, 3.8) is 0 Å². The van der Waals surface area contributed by atoms with Crippen LogP contribution in [0.15, 0.2) is 12.7 Å². The molecule has 0 radical (unpaired) electrons. The first-order valence-electron chi connectivity index (χ1n) is 5.01. The van der Waals surface area contributed by atoms with Gasteiger partial charge in [-0.25, -0.2) is 4.57 Å². The number of nitrogens with one attached hydrogen (secondary N) is 2. The van der Waals surface area contributed by atoms with Gasteiger partial charge in [-0.15, -0.1) is 0 Å². The van der Waals surface area contributed by atoms with Gasteiger partial charge < -0.3 is 20.4 Å². The lowest BCUT2D eigenvalue weighted by atomic mass is 10.0. The molecule has 0 saturated heterocycles. The van der Waals surface area contributed by atoms with Gasteiger partial charge in [0.1, 0.15) is 5.54 Å². The zero-order valence-electron chi connectivity index (χ0n) is 10.2. The maximum absolute atomic E-state index is 11.6. The van der Waals surface area contributed by atoms with Crippen LogP contribution in [0.25, 0.3) is 0 Å². The van der Waals surface area contributed by atoms with E-state index >= 15 is 0 Å². The molecule has 0 heterocycles. The van der Waals surface area contributed by atoms with E-state index in [-0.39, 0.29) is 13.2 Å². The van der Waals surface area contributed by atoms with E-state index in [1.54, 1.807) is 0 Å². The molecule has 4 N–H and O–H groups in total. The fourth-order valence-corrected chi connectivity index (χ4v) is 1.30. The van der Waals surface area contributed by atoms with Crippen LogP contribution in [0.1, 0.15) is 13.8 Å². The summed E-state index contributed by atoms with van der Waals surface area (Å²) >= 11 is 0. The molecule has 0 atom stereocenters. The fourth-order valence-electron chi connectivity index (χ4n) is 0.966. The van der Waals surface area contributed by atoms with Gasteiger partial charge in [0.05, 0.1) is 6.61 Å². The van der Waals surface area contributed by atoms with Crippen LogP contribution in [0.2, 0.25) is 0 Å². The lowest BCUT2D eigenvalue weighted by Crippen LogP contribution is -2.54. The second-order valence-corrected chi connectivity index (χ2v) is 5.14. The molecule has 0 aliphatic carbocycles. The van der Waals surface area contributed by atoms with Crippen LogP contribution in [0.4, 0.5) is 0 Å². The summed E-state index contributed by atoms with van der Waals surface area (Å²) in [5.74, 6) is -1.01. The molecule has 2 amide bonds. The van der Waals surface area contributed by atoms with Gasteiger partial charge in [-0.1, -0.05) is 6.58 Å². The number of carbonyl (C=O) groups excluding carboxylic acids is 2. The quantitative estimate of drug-likeness (QED) is 0.277. The topological polar surface area (TPSA) is 125 Å². The summed E-state index contributed by atoms with van der Waals surface area (Å²) in [5.41, 5.74) is -1.16. The zero-order chi connectivity index (χ0) is 14.4. The van der Waals surface area contributed by atoms with Crippen molar-refractivity contribution in [2.24, 2.45) is 0 Å². The van der Waals surface area contributed by atoms with Gasteiger partial charge in [0.15, 0.2) is 0 Å². The monoisotopic (exact) mass is 280 g/mol. The Labute approximate surface area is 105 Å². The molecule has 0 aromatic heterocycles. The van der Waals surface area contributed by atoms with Gasteiger partial charge in [-0.2, -0.15) is 0 Å². The Morgan fingerprint density at radius 2 is 2.00 bits per heavy atom. The molecule has 0 fully saturated rings. The van der Waals surface area contributed by atoms with E-state index in [4.69, 9.17) is 9.79 Å². The molecule has 104 valence electrons. The van der Waals surface area contributed by atoms with Crippen LogP contribution in [0.5, 0.6) is 0 Å². The van der Waals surface area contributed by atoms with Crippen molar-refractivity contribution in [2.75, 3.05) is 13.2 Å². The van der Waals surface area contributed by atoms with Crippen molar-refractivity contribution in [1.82, 2.24) is 10.6 Å². The Morgan fingerprint density at radius 1 is 1.44 bits per heavy atom.